The van der Waals surface area contributed by atoms with E-state index < -0.39 is 17.4 Å². The molecule has 0 aliphatic heterocycles. The highest BCUT2D eigenvalue weighted by molar-refractivity contribution is 6.35. The van der Waals surface area contributed by atoms with Crippen LogP contribution in [0.1, 0.15) is 27.2 Å². The number of rotatable bonds is 5. The third kappa shape index (κ3) is 5.22. The lowest BCUT2D eigenvalue weighted by molar-refractivity contribution is -0.140. The van der Waals surface area contributed by atoms with Gasteiger partial charge in [0.1, 0.15) is 5.82 Å². The number of carbonyl (C=O) groups excluding carboxylic acids is 2. The summed E-state index contributed by atoms with van der Waals surface area (Å²) in [6, 6.07) is 9.94. The van der Waals surface area contributed by atoms with Crippen molar-refractivity contribution in [2.24, 2.45) is 0 Å². The number of hydrogen-bond acceptors (Lipinski definition) is 3. The van der Waals surface area contributed by atoms with Crippen molar-refractivity contribution in [3.63, 3.8) is 0 Å². The van der Waals surface area contributed by atoms with Crippen LogP contribution in [0.2, 0.25) is 0 Å². The van der Waals surface area contributed by atoms with Gasteiger partial charge in [0.05, 0.1) is 0 Å². The highest BCUT2D eigenvalue weighted by Gasteiger charge is 2.19. The van der Waals surface area contributed by atoms with Crippen molar-refractivity contribution >= 4 is 11.8 Å². The molecule has 24 heavy (non-hydrogen) atoms. The molecular weight excluding hydrogens is 304 g/mol. The Balaban J connectivity index is 1.81. The molecule has 0 unspecified atom stereocenters. The minimum atomic E-state index is -0.602. The number of amides is 2. The molecule has 0 aliphatic carbocycles. The molecule has 6 heteroatoms. The van der Waals surface area contributed by atoms with Gasteiger partial charge in [-0.1, -0.05) is 30.3 Å². The molecule has 6 nitrogen and oxygen atoms in total. The number of nitrogens with one attached hydrogen (secondary N) is 2. The second-order valence-corrected chi connectivity index (χ2v) is 6.62. The zero-order valence-corrected chi connectivity index (χ0v) is 14.4. The number of hydrogen-bond donors (Lipinski definition) is 2. The molecule has 0 saturated carbocycles. The first-order valence-corrected chi connectivity index (χ1v) is 8.04. The maximum Gasteiger partial charge on any atom is 0.309 e. The van der Waals surface area contributed by atoms with E-state index in [9.17, 15) is 9.59 Å². The number of nitrogens with zero attached hydrogens (tertiary/aromatic N) is 2. The largest absolute Gasteiger partial charge is 0.348 e. The van der Waals surface area contributed by atoms with Crippen LogP contribution in [-0.2, 0) is 16.1 Å². The van der Waals surface area contributed by atoms with Gasteiger partial charge in [-0.2, -0.15) is 0 Å². The van der Waals surface area contributed by atoms with Crippen molar-refractivity contribution in [1.29, 1.82) is 0 Å². The van der Waals surface area contributed by atoms with E-state index in [2.05, 4.69) is 15.6 Å². The van der Waals surface area contributed by atoms with Crippen LogP contribution in [-0.4, -0.2) is 33.4 Å². The van der Waals surface area contributed by atoms with Gasteiger partial charge in [0.25, 0.3) is 0 Å². The summed E-state index contributed by atoms with van der Waals surface area (Å²) in [5.74, 6) is -0.304. The average Bonchev–Trinajstić information content (AvgIpc) is 2.99. The van der Waals surface area contributed by atoms with Crippen molar-refractivity contribution in [3.8, 4) is 11.4 Å². The van der Waals surface area contributed by atoms with E-state index in [1.807, 2.05) is 61.9 Å². The van der Waals surface area contributed by atoms with Crippen LogP contribution in [0.15, 0.2) is 42.7 Å². The molecular formula is C18H24N4O2. The number of imidazole rings is 1. The molecule has 0 bridgehead atoms. The summed E-state index contributed by atoms with van der Waals surface area (Å²) >= 11 is 0. The van der Waals surface area contributed by atoms with Crippen molar-refractivity contribution in [2.45, 2.75) is 39.3 Å². The molecule has 0 saturated heterocycles. The lowest BCUT2D eigenvalue weighted by Gasteiger charge is -2.19. The molecule has 0 aliphatic rings. The number of carbonyl (C=O) groups is 2. The summed E-state index contributed by atoms with van der Waals surface area (Å²) in [6.45, 7) is 6.65. The Morgan fingerprint density at radius 2 is 1.83 bits per heavy atom. The molecule has 0 spiro atoms. The third-order valence-electron chi connectivity index (χ3n) is 3.30. The fraction of sp³-hybridized carbons (Fsp3) is 0.389. The van der Waals surface area contributed by atoms with Gasteiger partial charge in [0, 0.05) is 36.6 Å². The highest BCUT2D eigenvalue weighted by atomic mass is 16.2. The van der Waals surface area contributed by atoms with Crippen LogP contribution in [0.5, 0.6) is 0 Å². The normalized spacial score (nSPS) is 11.1. The Morgan fingerprint density at radius 1 is 1.12 bits per heavy atom. The summed E-state index contributed by atoms with van der Waals surface area (Å²) in [7, 11) is 0. The predicted molar refractivity (Wildman–Crippen MR) is 93.2 cm³/mol. The first-order valence-electron chi connectivity index (χ1n) is 8.04. The van der Waals surface area contributed by atoms with Crippen LogP contribution in [0.3, 0.4) is 0 Å². The number of benzene rings is 1. The van der Waals surface area contributed by atoms with Gasteiger partial charge in [-0.25, -0.2) is 4.98 Å². The monoisotopic (exact) mass is 328 g/mol. The SMILES string of the molecule is CC(C)(C)NC(=O)C(=O)NCCCn1ccnc1-c1ccccc1. The van der Waals surface area contributed by atoms with Gasteiger partial charge >= 0.3 is 11.8 Å². The lowest BCUT2D eigenvalue weighted by Crippen LogP contribution is -2.48. The molecule has 2 amide bonds. The number of aryl methyl sites for hydroxylation is 1. The standard InChI is InChI=1S/C18H24N4O2/c1-18(2,3)21-17(24)16(23)20-10-7-12-22-13-11-19-15(22)14-8-5-4-6-9-14/h4-6,8-9,11,13H,7,10,12H2,1-3H3,(H,20,23)(H,21,24). The molecule has 0 radical (unpaired) electrons. The Morgan fingerprint density at radius 3 is 2.50 bits per heavy atom. The molecule has 1 aromatic carbocycles. The van der Waals surface area contributed by atoms with Gasteiger partial charge < -0.3 is 15.2 Å². The Hall–Kier alpha value is -2.63. The molecule has 2 aromatic rings. The summed E-state index contributed by atoms with van der Waals surface area (Å²) in [6.07, 6.45) is 4.39. The van der Waals surface area contributed by atoms with E-state index in [4.69, 9.17) is 0 Å². The Kier molecular flexibility index (Phi) is 5.73. The van der Waals surface area contributed by atoms with Gasteiger partial charge in [-0.15, -0.1) is 0 Å². The fourth-order valence-electron chi connectivity index (χ4n) is 2.27. The van der Waals surface area contributed by atoms with Crippen molar-refractivity contribution in [3.05, 3.63) is 42.7 Å². The summed E-state index contributed by atoms with van der Waals surface area (Å²) in [5.41, 5.74) is 0.631. The summed E-state index contributed by atoms with van der Waals surface area (Å²) < 4.78 is 2.04. The first kappa shape index (κ1) is 17.7. The highest BCUT2D eigenvalue weighted by Crippen LogP contribution is 2.16. The lowest BCUT2D eigenvalue weighted by atomic mass is 10.1. The maximum atomic E-state index is 11.7. The van der Waals surface area contributed by atoms with Crippen LogP contribution >= 0.6 is 0 Å². The Labute approximate surface area is 142 Å². The molecule has 2 rings (SSSR count). The second-order valence-electron chi connectivity index (χ2n) is 6.62. The van der Waals surface area contributed by atoms with E-state index in [-0.39, 0.29) is 0 Å². The van der Waals surface area contributed by atoms with E-state index in [1.165, 1.54) is 0 Å². The number of aromatic nitrogens is 2. The average molecular weight is 328 g/mol. The Bertz CT molecular complexity index is 687. The third-order valence-corrected chi connectivity index (χ3v) is 3.30. The second kappa shape index (κ2) is 7.77. The molecule has 2 N–H and O–H groups in total. The van der Waals surface area contributed by atoms with E-state index in [0.29, 0.717) is 19.5 Å². The molecule has 0 fully saturated rings. The van der Waals surface area contributed by atoms with Gasteiger partial charge in [0.2, 0.25) is 0 Å². The molecule has 0 atom stereocenters. The van der Waals surface area contributed by atoms with Crippen molar-refractivity contribution in [2.75, 3.05) is 6.54 Å². The minimum Gasteiger partial charge on any atom is -0.348 e. The maximum absolute atomic E-state index is 11.7. The van der Waals surface area contributed by atoms with Crippen LogP contribution in [0, 0.1) is 0 Å². The minimum absolute atomic E-state index is 0.421. The van der Waals surface area contributed by atoms with Crippen molar-refractivity contribution < 1.29 is 9.59 Å². The summed E-state index contributed by atoms with van der Waals surface area (Å²) in [4.78, 5) is 27.8. The van der Waals surface area contributed by atoms with E-state index in [1.54, 1.807) is 6.20 Å². The van der Waals surface area contributed by atoms with Gasteiger partial charge in [-0.05, 0) is 27.2 Å². The molecule has 1 aromatic heterocycles. The van der Waals surface area contributed by atoms with E-state index in [0.717, 1.165) is 11.4 Å². The molecule has 1 heterocycles. The first-order chi connectivity index (χ1) is 11.4. The fourth-order valence-corrected chi connectivity index (χ4v) is 2.27. The van der Waals surface area contributed by atoms with E-state index >= 15 is 0 Å². The van der Waals surface area contributed by atoms with Gasteiger partial charge in [0.15, 0.2) is 0 Å². The molecule has 128 valence electrons. The van der Waals surface area contributed by atoms with Crippen molar-refractivity contribution in [1.82, 2.24) is 20.2 Å². The van der Waals surface area contributed by atoms with Crippen LogP contribution < -0.4 is 10.6 Å². The quantitative estimate of drug-likeness (QED) is 0.651. The van der Waals surface area contributed by atoms with Crippen LogP contribution in [0.25, 0.3) is 11.4 Å². The smallest absolute Gasteiger partial charge is 0.309 e. The zero-order valence-electron chi connectivity index (χ0n) is 14.4. The topological polar surface area (TPSA) is 76.0 Å². The zero-order chi connectivity index (χ0) is 17.6. The summed E-state index contributed by atoms with van der Waals surface area (Å²) in [5, 5.41) is 5.28. The predicted octanol–water partition coefficient (Wildman–Crippen LogP) is 1.97. The van der Waals surface area contributed by atoms with Gasteiger partial charge in [-0.3, -0.25) is 9.59 Å². The van der Waals surface area contributed by atoms with Crippen LogP contribution in [0.4, 0.5) is 0 Å².